The number of hydrazone groups is 1. The number of hydrogen-bond donors (Lipinski definition) is 3. The lowest BCUT2D eigenvalue weighted by molar-refractivity contribution is 0.431. The highest BCUT2D eigenvalue weighted by Crippen LogP contribution is 2.23. The second kappa shape index (κ2) is 4.84. The topological polar surface area (TPSA) is 74.3 Å². The van der Waals surface area contributed by atoms with Crippen LogP contribution in [0.3, 0.4) is 0 Å². The van der Waals surface area contributed by atoms with E-state index in [4.69, 9.17) is 11.1 Å². The SMILES string of the molecule is C/C(N)=N/NC(=N)C1CCCCC1. The van der Waals surface area contributed by atoms with E-state index in [9.17, 15) is 0 Å². The van der Waals surface area contributed by atoms with Crippen LogP contribution in [0.25, 0.3) is 0 Å². The predicted octanol–water partition coefficient (Wildman–Crippen LogP) is 1.43. The molecule has 0 spiro atoms. The van der Waals surface area contributed by atoms with Gasteiger partial charge in [-0.15, -0.1) is 0 Å². The first-order chi connectivity index (χ1) is 6.20. The Hall–Kier alpha value is -1.06. The number of hydrogen-bond acceptors (Lipinski definition) is 2. The monoisotopic (exact) mass is 182 g/mol. The summed E-state index contributed by atoms with van der Waals surface area (Å²) in [6.45, 7) is 1.71. The van der Waals surface area contributed by atoms with Crippen molar-refractivity contribution in [2.75, 3.05) is 0 Å². The van der Waals surface area contributed by atoms with E-state index < -0.39 is 0 Å². The third-order valence-electron chi connectivity index (χ3n) is 2.37. The largest absolute Gasteiger partial charge is 0.386 e. The smallest absolute Gasteiger partial charge is 0.117 e. The fraction of sp³-hybridized carbons (Fsp3) is 0.778. The van der Waals surface area contributed by atoms with Crippen LogP contribution in [-0.2, 0) is 0 Å². The molecule has 0 aromatic heterocycles. The third-order valence-corrected chi connectivity index (χ3v) is 2.37. The van der Waals surface area contributed by atoms with Crippen molar-refractivity contribution in [1.29, 1.82) is 5.41 Å². The maximum atomic E-state index is 7.70. The van der Waals surface area contributed by atoms with Crippen LogP contribution in [0.1, 0.15) is 39.0 Å². The van der Waals surface area contributed by atoms with E-state index in [2.05, 4.69) is 10.5 Å². The van der Waals surface area contributed by atoms with Gasteiger partial charge in [0.25, 0.3) is 0 Å². The molecule has 0 aromatic carbocycles. The Bertz CT molecular complexity index is 200. The summed E-state index contributed by atoms with van der Waals surface area (Å²) in [6.07, 6.45) is 6.01. The average Bonchev–Trinajstić information content (AvgIpc) is 2.15. The first-order valence-corrected chi connectivity index (χ1v) is 4.84. The summed E-state index contributed by atoms with van der Waals surface area (Å²) >= 11 is 0. The van der Waals surface area contributed by atoms with Crippen LogP contribution < -0.4 is 11.2 Å². The van der Waals surface area contributed by atoms with Crippen molar-refractivity contribution in [1.82, 2.24) is 5.43 Å². The molecule has 0 aromatic rings. The number of nitrogens with two attached hydrogens (primary N) is 1. The zero-order valence-electron chi connectivity index (χ0n) is 8.14. The zero-order valence-corrected chi connectivity index (χ0v) is 8.14. The highest BCUT2D eigenvalue weighted by atomic mass is 15.3. The lowest BCUT2D eigenvalue weighted by atomic mass is 9.88. The minimum absolute atomic E-state index is 0.372. The van der Waals surface area contributed by atoms with E-state index in [1.54, 1.807) is 6.92 Å². The van der Waals surface area contributed by atoms with Gasteiger partial charge in [-0.2, -0.15) is 5.10 Å². The summed E-state index contributed by atoms with van der Waals surface area (Å²) in [5.74, 6) is 1.36. The summed E-state index contributed by atoms with van der Waals surface area (Å²) in [5, 5.41) is 11.5. The fourth-order valence-electron chi connectivity index (χ4n) is 1.63. The fourth-order valence-corrected chi connectivity index (χ4v) is 1.63. The quantitative estimate of drug-likeness (QED) is 0.343. The van der Waals surface area contributed by atoms with Gasteiger partial charge < -0.3 is 5.73 Å². The van der Waals surface area contributed by atoms with Crippen LogP contribution in [0.5, 0.6) is 0 Å². The van der Waals surface area contributed by atoms with Gasteiger partial charge in [0.05, 0.1) is 0 Å². The molecule has 0 heterocycles. The van der Waals surface area contributed by atoms with Gasteiger partial charge in [-0.25, -0.2) is 0 Å². The molecule has 1 aliphatic carbocycles. The molecule has 74 valence electrons. The van der Waals surface area contributed by atoms with Crippen molar-refractivity contribution < 1.29 is 0 Å². The molecule has 1 aliphatic rings. The third kappa shape index (κ3) is 3.44. The van der Waals surface area contributed by atoms with Crippen LogP contribution in [0.2, 0.25) is 0 Å². The molecule has 1 saturated carbocycles. The maximum absolute atomic E-state index is 7.70. The minimum atomic E-state index is 0.372. The van der Waals surface area contributed by atoms with Crippen molar-refractivity contribution in [2.45, 2.75) is 39.0 Å². The van der Waals surface area contributed by atoms with E-state index in [0.29, 0.717) is 17.6 Å². The van der Waals surface area contributed by atoms with Gasteiger partial charge in [0, 0.05) is 5.92 Å². The molecule has 0 atom stereocenters. The normalized spacial score (nSPS) is 19.9. The van der Waals surface area contributed by atoms with Crippen molar-refractivity contribution in [3.8, 4) is 0 Å². The lowest BCUT2D eigenvalue weighted by Gasteiger charge is -2.21. The maximum Gasteiger partial charge on any atom is 0.117 e. The number of nitrogens with zero attached hydrogens (tertiary/aromatic N) is 1. The molecule has 13 heavy (non-hydrogen) atoms. The molecule has 0 aliphatic heterocycles. The van der Waals surface area contributed by atoms with E-state index in [1.165, 1.54) is 19.3 Å². The van der Waals surface area contributed by atoms with Gasteiger partial charge in [-0.05, 0) is 19.8 Å². The van der Waals surface area contributed by atoms with E-state index in [1.807, 2.05) is 0 Å². The molecule has 4 nitrogen and oxygen atoms in total. The Morgan fingerprint density at radius 3 is 2.54 bits per heavy atom. The highest BCUT2D eigenvalue weighted by molar-refractivity contribution is 5.84. The minimum Gasteiger partial charge on any atom is -0.386 e. The predicted molar refractivity (Wildman–Crippen MR) is 54.7 cm³/mol. The standard InChI is InChI=1S/C9H18N4/c1-7(10)12-13-9(11)8-5-3-2-4-6-8/h8H,2-6H2,1H3,(H2,10,12)(H2,11,13). The summed E-state index contributed by atoms with van der Waals surface area (Å²) in [7, 11) is 0. The number of rotatable bonds is 2. The molecule has 4 heteroatoms. The summed E-state index contributed by atoms with van der Waals surface area (Å²) in [6, 6.07) is 0. The summed E-state index contributed by atoms with van der Waals surface area (Å²) < 4.78 is 0. The Morgan fingerprint density at radius 2 is 2.00 bits per heavy atom. The molecule has 0 radical (unpaired) electrons. The van der Waals surface area contributed by atoms with Gasteiger partial charge in [0.1, 0.15) is 11.7 Å². The van der Waals surface area contributed by atoms with Crippen LogP contribution in [0.15, 0.2) is 5.10 Å². The van der Waals surface area contributed by atoms with Gasteiger partial charge in [-0.1, -0.05) is 19.3 Å². The second-order valence-electron chi connectivity index (χ2n) is 3.61. The van der Waals surface area contributed by atoms with Crippen LogP contribution >= 0.6 is 0 Å². The molecule has 4 N–H and O–H groups in total. The Morgan fingerprint density at radius 1 is 1.38 bits per heavy atom. The molecule has 0 saturated heterocycles. The Balaban J connectivity index is 2.33. The van der Waals surface area contributed by atoms with Crippen molar-refractivity contribution in [2.24, 2.45) is 16.8 Å². The van der Waals surface area contributed by atoms with Crippen molar-refractivity contribution >= 4 is 11.7 Å². The van der Waals surface area contributed by atoms with Crippen LogP contribution in [-0.4, -0.2) is 11.7 Å². The van der Waals surface area contributed by atoms with Gasteiger partial charge in [0.2, 0.25) is 0 Å². The molecular weight excluding hydrogens is 164 g/mol. The lowest BCUT2D eigenvalue weighted by Crippen LogP contribution is -2.29. The van der Waals surface area contributed by atoms with E-state index in [-0.39, 0.29) is 0 Å². The molecule has 0 bridgehead atoms. The van der Waals surface area contributed by atoms with Gasteiger partial charge in [0.15, 0.2) is 0 Å². The molecule has 0 unspecified atom stereocenters. The molecule has 1 rings (SSSR count). The first-order valence-electron chi connectivity index (χ1n) is 4.84. The molecular formula is C9H18N4. The van der Waals surface area contributed by atoms with Crippen molar-refractivity contribution in [3.63, 3.8) is 0 Å². The number of nitrogens with one attached hydrogen (secondary N) is 2. The van der Waals surface area contributed by atoms with Crippen molar-refractivity contribution in [3.05, 3.63) is 0 Å². The summed E-state index contributed by atoms with van der Waals surface area (Å²) in [4.78, 5) is 0. The van der Waals surface area contributed by atoms with Crippen LogP contribution in [0.4, 0.5) is 0 Å². The second-order valence-corrected chi connectivity index (χ2v) is 3.61. The Kier molecular flexibility index (Phi) is 3.73. The van der Waals surface area contributed by atoms with E-state index >= 15 is 0 Å². The summed E-state index contributed by atoms with van der Waals surface area (Å²) in [5.41, 5.74) is 8.06. The average molecular weight is 182 g/mol. The zero-order chi connectivity index (χ0) is 9.68. The number of amidine groups is 2. The van der Waals surface area contributed by atoms with Crippen LogP contribution in [0, 0.1) is 11.3 Å². The molecule has 0 amide bonds. The van der Waals surface area contributed by atoms with Gasteiger partial charge >= 0.3 is 0 Å². The first kappa shape index (κ1) is 10.0. The highest BCUT2D eigenvalue weighted by Gasteiger charge is 2.17. The Labute approximate surface area is 79.1 Å². The van der Waals surface area contributed by atoms with Gasteiger partial charge in [-0.3, -0.25) is 10.8 Å². The molecule has 1 fully saturated rings. The van der Waals surface area contributed by atoms with E-state index in [0.717, 1.165) is 12.8 Å².